The predicted molar refractivity (Wildman–Crippen MR) is 93.8 cm³/mol. The summed E-state index contributed by atoms with van der Waals surface area (Å²) in [5, 5.41) is 15.5. The molecular formula is C17H21ClN4O2. The molecule has 1 heterocycles. The van der Waals surface area contributed by atoms with Crippen LogP contribution in [-0.4, -0.2) is 50.2 Å². The molecule has 0 saturated carbocycles. The van der Waals surface area contributed by atoms with Crippen LogP contribution < -0.4 is 10.6 Å². The molecule has 1 fully saturated rings. The van der Waals surface area contributed by atoms with E-state index in [4.69, 9.17) is 16.3 Å². The summed E-state index contributed by atoms with van der Waals surface area (Å²) in [6, 6.07) is 7.34. The van der Waals surface area contributed by atoms with Crippen molar-refractivity contribution in [2.45, 2.75) is 6.92 Å². The van der Waals surface area contributed by atoms with Gasteiger partial charge in [-0.2, -0.15) is 5.26 Å². The Morgan fingerprint density at radius 2 is 2.21 bits per heavy atom. The average molecular weight is 349 g/mol. The van der Waals surface area contributed by atoms with Gasteiger partial charge in [0.1, 0.15) is 11.6 Å². The first-order chi connectivity index (χ1) is 11.6. The number of halogens is 1. The van der Waals surface area contributed by atoms with Gasteiger partial charge < -0.3 is 15.4 Å². The normalized spacial score (nSPS) is 15.6. The van der Waals surface area contributed by atoms with Gasteiger partial charge in [0.15, 0.2) is 0 Å². The van der Waals surface area contributed by atoms with Crippen LogP contribution in [0.4, 0.5) is 5.69 Å². The molecule has 1 amide bonds. The van der Waals surface area contributed by atoms with E-state index >= 15 is 0 Å². The van der Waals surface area contributed by atoms with Gasteiger partial charge in [-0.1, -0.05) is 17.7 Å². The highest BCUT2D eigenvalue weighted by Gasteiger charge is 2.12. The van der Waals surface area contributed by atoms with Crippen molar-refractivity contribution in [2.24, 2.45) is 0 Å². The van der Waals surface area contributed by atoms with E-state index in [1.54, 1.807) is 12.1 Å². The van der Waals surface area contributed by atoms with Gasteiger partial charge in [-0.15, -0.1) is 0 Å². The molecule has 0 atom stereocenters. The van der Waals surface area contributed by atoms with Crippen LogP contribution in [0.2, 0.25) is 5.02 Å². The first kappa shape index (κ1) is 18.3. The maximum absolute atomic E-state index is 12.1. The maximum Gasteiger partial charge on any atom is 0.263 e. The third kappa shape index (κ3) is 5.24. The second kappa shape index (κ2) is 9.28. The summed E-state index contributed by atoms with van der Waals surface area (Å²) in [5.74, 6) is -0.391. The molecule has 2 N–H and O–H groups in total. The molecule has 0 aliphatic carbocycles. The molecule has 1 aromatic rings. The lowest BCUT2D eigenvalue weighted by Crippen LogP contribution is -2.41. The van der Waals surface area contributed by atoms with Gasteiger partial charge in [0.25, 0.3) is 5.91 Å². The fraction of sp³-hybridized carbons (Fsp3) is 0.412. The van der Waals surface area contributed by atoms with Crippen molar-refractivity contribution in [1.82, 2.24) is 10.2 Å². The van der Waals surface area contributed by atoms with Crippen molar-refractivity contribution in [1.29, 1.82) is 5.26 Å². The topological polar surface area (TPSA) is 77.4 Å². The number of morpholine rings is 1. The summed E-state index contributed by atoms with van der Waals surface area (Å²) in [4.78, 5) is 14.3. The summed E-state index contributed by atoms with van der Waals surface area (Å²) in [7, 11) is 0. The lowest BCUT2D eigenvalue weighted by molar-refractivity contribution is -0.117. The lowest BCUT2D eigenvalue weighted by Gasteiger charge is -2.26. The lowest BCUT2D eigenvalue weighted by atomic mass is 10.2. The SMILES string of the molecule is Cc1c(Cl)cccc1N/C=C(/C#N)C(=O)NCCN1CCOCC1. The van der Waals surface area contributed by atoms with E-state index in [-0.39, 0.29) is 5.57 Å². The standard InChI is InChI=1S/C17H21ClN4O2/c1-13-15(18)3-2-4-16(13)21-12-14(11-19)17(23)20-5-6-22-7-9-24-10-8-22/h2-4,12,21H,5-10H2,1H3,(H,20,23)/b14-12-. The number of anilines is 1. The molecule has 0 radical (unpaired) electrons. The molecule has 128 valence electrons. The molecule has 24 heavy (non-hydrogen) atoms. The highest BCUT2D eigenvalue weighted by atomic mass is 35.5. The first-order valence-corrected chi connectivity index (χ1v) is 8.20. The molecule has 1 aliphatic heterocycles. The van der Waals surface area contributed by atoms with Gasteiger partial charge in [0.05, 0.1) is 13.2 Å². The van der Waals surface area contributed by atoms with Crippen LogP contribution in [0.3, 0.4) is 0 Å². The predicted octanol–water partition coefficient (Wildman–Crippen LogP) is 1.92. The van der Waals surface area contributed by atoms with E-state index in [1.807, 2.05) is 19.1 Å². The highest BCUT2D eigenvalue weighted by Crippen LogP contribution is 2.22. The number of ether oxygens (including phenoxy) is 1. The minimum absolute atomic E-state index is 0.0244. The molecule has 1 saturated heterocycles. The number of nitriles is 1. The van der Waals surface area contributed by atoms with Gasteiger partial charge in [-0.25, -0.2) is 0 Å². The quantitative estimate of drug-likeness (QED) is 0.606. The van der Waals surface area contributed by atoms with E-state index in [0.29, 0.717) is 11.6 Å². The number of benzene rings is 1. The molecule has 0 unspecified atom stereocenters. The Hall–Kier alpha value is -2.07. The van der Waals surface area contributed by atoms with Crippen molar-refractivity contribution in [3.63, 3.8) is 0 Å². The number of nitrogens with zero attached hydrogens (tertiary/aromatic N) is 2. The molecule has 0 bridgehead atoms. The molecule has 0 spiro atoms. The largest absolute Gasteiger partial charge is 0.379 e. The molecule has 1 aromatic carbocycles. The van der Waals surface area contributed by atoms with E-state index in [1.165, 1.54) is 6.20 Å². The second-order valence-electron chi connectivity index (χ2n) is 5.44. The van der Waals surface area contributed by atoms with E-state index < -0.39 is 5.91 Å². The maximum atomic E-state index is 12.1. The molecule has 1 aliphatic rings. The Labute approximate surface area is 147 Å². The summed E-state index contributed by atoms with van der Waals surface area (Å²) < 4.78 is 5.28. The number of carbonyl (C=O) groups excluding carboxylic acids is 1. The third-order valence-electron chi connectivity index (χ3n) is 3.82. The smallest absolute Gasteiger partial charge is 0.263 e. The minimum Gasteiger partial charge on any atom is -0.379 e. The first-order valence-electron chi connectivity index (χ1n) is 7.82. The summed E-state index contributed by atoms with van der Waals surface area (Å²) in [6.45, 7) is 6.29. The Morgan fingerprint density at radius 3 is 2.92 bits per heavy atom. The molecule has 2 rings (SSSR count). The van der Waals surface area contributed by atoms with Crippen molar-refractivity contribution >= 4 is 23.2 Å². The van der Waals surface area contributed by atoms with Crippen LogP contribution in [0.5, 0.6) is 0 Å². The Kier molecular flexibility index (Phi) is 7.07. The zero-order chi connectivity index (χ0) is 17.4. The van der Waals surface area contributed by atoms with E-state index in [2.05, 4.69) is 15.5 Å². The highest BCUT2D eigenvalue weighted by molar-refractivity contribution is 6.31. The number of amides is 1. The van der Waals surface area contributed by atoms with Crippen LogP contribution >= 0.6 is 11.6 Å². The van der Waals surface area contributed by atoms with Crippen molar-refractivity contribution < 1.29 is 9.53 Å². The summed E-state index contributed by atoms with van der Waals surface area (Å²) in [5.41, 5.74) is 1.65. The summed E-state index contributed by atoms with van der Waals surface area (Å²) >= 11 is 6.05. The van der Waals surface area contributed by atoms with Crippen LogP contribution in [0.1, 0.15) is 5.56 Å². The zero-order valence-electron chi connectivity index (χ0n) is 13.6. The van der Waals surface area contributed by atoms with Gasteiger partial charge in [0, 0.05) is 43.1 Å². The summed E-state index contributed by atoms with van der Waals surface area (Å²) in [6.07, 6.45) is 1.41. The van der Waals surface area contributed by atoms with Gasteiger partial charge in [-0.3, -0.25) is 9.69 Å². The van der Waals surface area contributed by atoms with Crippen molar-refractivity contribution in [2.75, 3.05) is 44.7 Å². The minimum atomic E-state index is -0.391. The molecule has 6 nitrogen and oxygen atoms in total. The fourth-order valence-corrected chi connectivity index (χ4v) is 2.48. The number of hydrogen-bond donors (Lipinski definition) is 2. The van der Waals surface area contributed by atoms with E-state index in [9.17, 15) is 10.1 Å². The fourth-order valence-electron chi connectivity index (χ4n) is 2.31. The van der Waals surface area contributed by atoms with Crippen LogP contribution in [0.15, 0.2) is 30.0 Å². The molecular weight excluding hydrogens is 328 g/mol. The van der Waals surface area contributed by atoms with Crippen LogP contribution in [-0.2, 0) is 9.53 Å². The second-order valence-corrected chi connectivity index (χ2v) is 5.84. The van der Waals surface area contributed by atoms with Gasteiger partial charge in [0.2, 0.25) is 0 Å². The van der Waals surface area contributed by atoms with Crippen LogP contribution in [0.25, 0.3) is 0 Å². The third-order valence-corrected chi connectivity index (χ3v) is 4.23. The van der Waals surface area contributed by atoms with Crippen molar-refractivity contribution in [3.05, 3.63) is 40.6 Å². The Bertz CT molecular complexity index is 648. The number of hydrogen-bond acceptors (Lipinski definition) is 5. The number of carbonyl (C=O) groups is 1. The van der Waals surface area contributed by atoms with Crippen LogP contribution in [0, 0.1) is 18.3 Å². The average Bonchev–Trinajstić information content (AvgIpc) is 2.60. The van der Waals surface area contributed by atoms with E-state index in [0.717, 1.165) is 44.1 Å². The van der Waals surface area contributed by atoms with Gasteiger partial charge >= 0.3 is 0 Å². The molecule has 0 aromatic heterocycles. The van der Waals surface area contributed by atoms with Crippen molar-refractivity contribution in [3.8, 4) is 6.07 Å². The Morgan fingerprint density at radius 1 is 1.46 bits per heavy atom. The zero-order valence-corrected chi connectivity index (χ0v) is 14.4. The molecule has 7 heteroatoms. The number of nitrogens with one attached hydrogen (secondary N) is 2. The number of rotatable bonds is 6. The monoisotopic (exact) mass is 348 g/mol. The van der Waals surface area contributed by atoms with Gasteiger partial charge in [-0.05, 0) is 24.6 Å². The Balaban J connectivity index is 1.86.